The molecule has 0 heterocycles. The number of benzene rings is 2. The maximum Gasteiger partial charge on any atom is 0.277 e. The van der Waals surface area contributed by atoms with Crippen molar-refractivity contribution >= 4 is 39.9 Å². The van der Waals surface area contributed by atoms with E-state index in [0.29, 0.717) is 9.99 Å². The van der Waals surface area contributed by atoms with Crippen molar-refractivity contribution in [2.24, 2.45) is 0 Å². The van der Waals surface area contributed by atoms with Crippen molar-refractivity contribution in [3.05, 3.63) is 57.2 Å². The first-order valence-corrected chi connectivity index (χ1v) is 9.11. The van der Waals surface area contributed by atoms with Gasteiger partial charge >= 0.3 is 0 Å². The van der Waals surface area contributed by atoms with Gasteiger partial charge in [0, 0.05) is 3.57 Å². The summed E-state index contributed by atoms with van der Waals surface area (Å²) in [6.07, 6.45) is 0.610. The molecule has 0 aliphatic rings. The third kappa shape index (κ3) is 5.61. The molecule has 2 rings (SSSR count). The van der Waals surface area contributed by atoms with Crippen LogP contribution in [0, 0.1) is 15.2 Å². The number of halogens is 3. The highest BCUT2D eigenvalue weighted by atomic mass is 127. The molecule has 1 unspecified atom stereocenters. The second kappa shape index (κ2) is 9.79. The number of aliphatic hydroxyl groups excluding tert-OH is 1. The van der Waals surface area contributed by atoms with Crippen LogP contribution in [0.3, 0.4) is 0 Å². The molecular weight excluding hydrogens is 457 g/mol. The molecule has 5 nitrogen and oxygen atoms in total. The molecule has 140 valence electrons. The average molecular weight is 476 g/mol. The van der Waals surface area contributed by atoms with Crippen LogP contribution in [0.1, 0.15) is 30.1 Å². The summed E-state index contributed by atoms with van der Waals surface area (Å²) >= 11 is 1.96. The zero-order chi connectivity index (χ0) is 19.1. The number of nitrogens with one attached hydrogen (secondary N) is 2. The second-order valence-electron chi connectivity index (χ2n) is 5.60. The zero-order valence-corrected chi connectivity index (χ0v) is 16.2. The summed E-state index contributed by atoms with van der Waals surface area (Å²) in [7, 11) is 0. The molecule has 1 atom stereocenters. The van der Waals surface area contributed by atoms with Crippen LogP contribution in [0.15, 0.2) is 36.4 Å². The fourth-order valence-corrected chi connectivity index (χ4v) is 2.69. The number of carbonyl (C=O) groups excluding carboxylic acids is 1. The topological polar surface area (TPSA) is 70.6 Å². The molecule has 1 amide bonds. The normalized spacial score (nSPS) is 11.9. The average Bonchev–Trinajstić information content (AvgIpc) is 2.58. The molecule has 0 saturated heterocycles. The molecule has 3 N–H and O–H groups in total. The van der Waals surface area contributed by atoms with Gasteiger partial charge in [0.25, 0.3) is 5.91 Å². The van der Waals surface area contributed by atoms with Gasteiger partial charge in [0.05, 0.1) is 23.0 Å². The Balaban J connectivity index is 2.14. The Hall–Kier alpha value is -1.78. The molecule has 0 spiro atoms. The number of amides is 1. The highest BCUT2D eigenvalue weighted by Crippen LogP contribution is 2.27. The molecule has 8 heteroatoms. The molecule has 0 saturated carbocycles. The molecule has 0 radical (unpaired) electrons. The van der Waals surface area contributed by atoms with E-state index in [1.165, 1.54) is 24.3 Å². The molecular formula is C18H19F2IN2O3. The van der Waals surface area contributed by atoms with E-state index in [4.69, 9.17) is 4.84 Å². The maximum atomic E-state index is 14.2. The lowest BCUT2D eigenvalue weighted by atomic mass is 10.1. The molecule has 0 aliphatic carbocycles. The summed E-state index contributed by atoms with van der Waals surface area (Å²) in [4.78, 5) is 17.2. The van der Waals surface area contributed by atoms with Crippen molar-refractivity contribution in [2.45, 2.75) is 25.9 Å². The van der Waals surface area contributed by atoms with E-state index in [1.807, 2.05) is 29.5 Å². The Morgan fingerprint density at radius 3 is 2.73 bits per heavy atom. The number of rotatable bonds is 8. The monoisotopic (exact) mass is 476 g/mol. The number of anilines is 2. The van der Waals surface area contributed by atoms with Gasteiger partial charge in [0.2, 0.25) is 0 Å². The molecule has 0 fully saturated rings. The molecule has 2 aromatic rings. The van der Waals surface area contributed by atoms with Crippen LogP contribution in [0.5, 0.6) is 0 Å². The Labute approximate surface area is 163 Å². The summed E-state index contributed by atoms with van der Waals surface area (Å²) in [6, 6.07) is 8.33. The molecule has 0 aromatic heterocycles. The highest BCUT2D eigenvalue weighted by Gasteiger charge is 2.17. The zero-order valence-electron chi connectivity index (χ0n) is 14.1. The summed E-state index contributed by atoms with van der Waals surface area (Å²) in [6.45, 7) is 1.83. The lowest BCUT2D eigenvalue weighted by Crippen LogP contribution is -2.29. The molecule has 26 heavy (non-hydrogen) atoms. The van der Waals surface area contributed by atoms with Crippen LogP contribution in [-0.2, 0) is 4.84 Å². The van der Waals surface area contributed by atoms with Crippen LogP contribution in [0.4, 0.5) is 20.2 Å². The van der Waals surface area contributed by atoms with Gasteiger partial charge in [-0.1, -0.05) is 19.4 Å². The molecule has 2 aromatic carbocycles. The number of aliphatic hydroxyl groups is 1. The van der Waals surface area contributed by atoms with Crippen molar-refractivity contribution in [1.82, 2.24) is 5.48 Å². The first kappa shape index (κ1) is 20.5. The number of hydrogen-bond donors (Lipinski definition) is 3. The first-order chi connectivity index (χ1) is 12.4. The minimum Gasteiger partial charge on any atom is -0.391 e. The summed E-state index contributed by atoms with van der Waals surface area (Å²) in [5.41, 5.74) is 2.00. The number of para-hydroxylation sites is 1. The lowest BCUT2D eigenvalue weighted by Gasteiger charge is -2.15. The quantitative estimate of drug-likeness (QED) is 0.396. The van der Waals surface area contributed by atoms with E-state index in [-0.39, 0.29) is 23.5 Å². The van der Waals surface area contributed by atoms with Gasteiger partial charge in [-0.25, -0.2) is 14.3 Å². The highest BCUT2D eigenvalue weighted by molar-refractivity contribution is 14.1. The van der Waals surface area contributed by atoms with E-state index in [0.717, 1.165) is 12.5 Å². The van der Waals surface area contributed by atoms with Crippen molar-refractivity contribution < 1.29 is 23.5 Å². The SMILES string of the molecule is CCCC(O)CONC(=O)c1cccc(F)c1Nc1ccc(I)cc1F. The van der Waals surface area contributed by atoms with Crippen LogP contribution in [0.25, 0.3) is 0 Å². The minimum absolute atomic E-state index is 0.0452. The van der Waals surface area contributed by atoms with E-state index < -0.39 is 23.6 Å². The van der Waals surface area contributed by atoms with E-state index >= 15 is 0 Å². The van der Waals surface area contributed by atoms with Gasteiger partial charge in [0.1, 0.15) is 18.2 Å². The van der Waals surface area contributed by atoms with Gasteiger partial charge in [-0.15, -0.1) is 0 Å². The Morgan fingerprint density at radius 1 is 1.27 bits per heavy atom. The van der Waals surface area contributed by atoms with Gasteiger partial charge in [-0.2, -0.15) is 0 Å². The minimum atomic E-state index is -0.707. The van der Waals surface area contributed by atoms with Crippen molar-refractivity contribution in [3.8, 4) is 0 Å². The van der Waals surface area contributed by atoms with E-state index in [9.17, 15) is 18.7 Å². The van der Waals surface area contributed by atoms with Crippen LogP contribution < -0.4 is 10.8 Å². The van der Waals surface area contributed by atoms with Crippen molar-refractivity contribution in [2.75, 3.05) is 11.9 Å². The fraction of sp³-hybridized carbons (Fsp3) is 0.278. The van der Waals surface area contributed by atoms with E-state index in [2.05, 4.69) is 10.8 Å². The van der Waals surface area contributed by atoms with Crippen LogP contribution in [0.2, 0.25) is 0 Å². The fourth-order valence-electron chi connectivity index (χ4n) is 2.24. The number of hydroxylamine groups is 1. The van der Waals surface area contributed by atoms with Crippen LogP contribution in [-0.4, -0.2) is 23.7 Å². The summed E-state index contributed by atoms with van der Waals surface area (Å²) in [5, 5.41) is 12.2. The predicted octanol–water partition coefficient (Wildman–Crippen LogP) is 4.14. The Morgan fingerprint density at radius 2 is 2.04 bits per heavy atom. The van der Waals surface area contributed by atoms with Crippen molar-refractivity contribution in [1.29, 1.82) is 0 Å². The number of carbonyl (C=O) groups is 1. The standard InChI is InChI=1S/C18H19F2IN2O3/c1-2-4-12(24)10-26-23-18(25)13-5-3-6-14(19)17(13)22-16-8-7-11(21)9-15(16)20/h3,5-9,12,22,24H,2,4,10H2,1H3,(H,23,25). The largest absolute Gasteiger partial charge is 0.391 e. The molecule has 0 aliphatic heterocycles. The van der Waals surface area contributed by atoms with Crippen molar-refractivity contribution in [3.63, 3.8) is 0 Å². The predicted molar refractivity (Wildman–Crippen MR) is 103 cm³/mol. The van der Waals surface area contributed by atoms with Gasteiger partial charge in [0.15, 0.2) is 0 Å². The Kier molecular flexibility index (Phi) is 7.73. The summed E-state index contributed by atoms with van der Waals surface area (Å²) in [5.74, 6) is -1.98. The number of hydrogen-bond acceptors (Lipinski definition) is 4. The van der Waals surface area contributed by atoms with Gasteiger partial charge in [-0.3, -0.25) is 9.63 Å². The Bertz CT molecular complexity index is 774. The summed E-state index contributed by atoms with van der Waals surface area (Å²) < 4.78 is 28.9. The third-order valence-electron chi connectivity index (χ3n) is 3.51. The smallest absolute Gasteiger partial charge is 0.277 e. The first-order valence-electron chi connectivity index (χ1n) is 8.03. The second-order valence-corrected chi connectivity index (χ2v) is 6.84. The third-order valence-corrected chi connectivity index (χ3v) is 4.18. The lowest BCUT2D eigenvalue weighted by molar-refractivity contribution is -0.0149. The van der Waals surface area contributed by atoms with E-state index in [1.54, 1.807) is 6.07 Å². The maximum absolute atomic E-state index is 14.2. The van der Waals surface area contributed by atoms with Gasteiger partial charge < -0.3 is 10.4 Å². The molecule has 0 bridgehead atoms. The van der Waals surface area contributed by atoms with Gasteiger partial charge in [-0.05, 0) is 59.3 Å². The van der Waals surface area contributed by atoms with Crippen LogP contribution >= 0.6 is 22.6 Å².